The van der Waals surface area contributed by atoms with Crippen molar-refractivity contribution in [1.29, 1.82) is 0 Å². The van der Waals surface area contributed by atoms with Gasteiger partial charge in [-0.2, -0.15) is 0 Å². The van der Waals surface area contributed by atoms with Crippen molar-refractivity contribution in [2.45, 2.75) is 71.1 Å². The van der Waals surface area contributed by atoms with Gasteiger partial charge < -0.3 is 18.5 Å². The van der Waals surface area contributed by atoms with E-state index in [-0.39, 0.29) is 18.5 Å². The van der Waals surface area contributed by atoms with Crippen LogP contribution in [0.4, 0.5) is 0 Å². The van der Waals surface area contributed by atoms with Crippen LogP contribution >= 0.6 is 15.9 Å². The molecule has 0 aliphatic heterocycles. The highest BCUT2D eigenvalue weighted by Crippen LogP contribution is 2.10. The van der Waals surface area contributed by atoms with Crippen molar-refractivity contribution < 1.29 is 0 Å². The zero-order chi connectivity index (χ0) is 9.78. The van der Waals surface area contributed by atoms with E-state index in [1.807, 2.05) is 0 Å². The van der Waals surface area contributed by atoms with E-state index in [1.54, 1.807) is 0 Å². The largest absolute Gasteiger partial charge is 0.344 e. The first kappa shape index (κ1) is 25.3. The van der Waals surface area contributed by atoms with Crippen LogP contribution in [0, 0.1) is 0 Å². The third-order valence-electron chi connectivity index (χ3n) is 2.49. The number of hydrogen-bond acceptors (Lipinski definition) is 3. The SMILES string of the molecule is CCCCCCCCCCCCBr.N.N.N. The molecule has 0 spiro atoms. The summed E-state index contributed by atoms with van der Waals surface area (Å²) >= 11 is 3.46. The molecule has 16 heavy (non-hydrogen) atoms. The molecule has 9 N–H and O–H groups in total. The maximum absolute atomic E-state index is 3.46. The van der Waals surface area contributed by atoms with Gasteiger partial charge in [-0.15, -0.1) is 0 Å². The summed E-state index contributed by atoms with van der Waals surface area (Å²) in [7, 11) is 0. The molecule has 0 saturated carbocycles. The minimum Gasteiger partial charge on any atom is -0.344 e. The van der Waals surface area contributed by atoms with Gasteiger partial charge in [-0.3, -0.25) is 0 Å². The Labute approximate surface area is 111 Å². The molecule has 0 aromatic heterocycles. The van der Waals surface area contributed by atoms with Crippen LogP contribution in [0.2, 0.25) is 0 Å². The fraction of sp³-hybridized carbons (Fsp3) is 1.00. The number of halogens is 1. The van der Waals surface area contributed by atoms with Crippen LogP contribution in [-0.2, 0) is 0 Å². The second kappa shape index (κ2) is 24.5. The molecule has 0 rings (SSSR count). The minimum absolute atomic E-state index is 0. The van der Waals surface area contributed by atoms with Crippen molar-refractivity contribution in [3.05, 3.63) is 0 Å². The molecule has 0 fully saturated rings. The van der Waals surface area contributed by atoms with E-state index in [2.05, 4.69) is 22.9 Å². The van der Waals surface area contributed by atoms with E-state index >= 15 is 0 Å². The Bertz CT molecular complexity index is 82.3. The Balaban J connectivity index is -0.000000240. The second-order valence-corrected chi connectivity index (χ2v) is 4.66. The lowest BCUT2D eigenvalue weighted by Crippen LogP contribution is -1.81. The Kier molecular flexibility index (Phi) is 38.8. The van der Waals surface area contributed by atoms with E-state index in [1.165, 1.54) is 69.5 Å². The van der Waals surface area contributed by atoms with Crippen molar-refractivity contribution in [3.63, 3.8) is 0 Å². The van der Waals surface area contributed by atoms with Crippen LogP contribution in [0.15, 0.2) is 0 Å². The van der Waals surface area contributed by atoms with Gasteiger partial charge in [0, 0.05) is 5.33 Å². The van der Waals surface area contributed by atoms with Crippen molar-refractivity contribution in [2.24, 2.45) is 0 Å². The van der Waals surface area contributed by atoms with Gasteiger partial charge >= 0.3 is 0 Å². The summed E-state index contributed by atoms with van der Waals surface area (Å²) in [5.74, 6) is 0. The molecule has 0 atom stereocenters. The third kappa shape index (κ3) is 23.9. The van der Waals surface area contributed by atoms with E-state index in [9.17, 15) is 0 Å². The predicted octanol–water partition coefficient (Wildman–Crippen LogP) is 5.79. The van der Waals surface area contributed by atoms with Gasteiger partial charge in [0.15, 0.2) is 0 Å². The lowest BCUT2D eigenvalue weighted by atomic mass is 10.1. The molecule has 0 heterocycles. The standard InChI is InChI=1S/C12H25Br.3H3N/c1-2-3-4-5-6-7-8-9-10-11-12-13;;;/h2-12H2,1H3;3*1H3. The van der Waals surface area contributed by atoms with Crippen LogP contribution in [0.3, 0.4) is 0 Å². The molecule has 4 heteroatoms. The van der Waals surface area contributed by atoms with Gasteiger partial charge in [-0.25, -0.2) is 0 Å². The first-order valence-corrected chi connectivity index (χ1v) is 7.10. The molecule has 0 amide bonds. The molecular formula is C12H34BrN3. The van der Waals surface area contributed by atoms with Crippen LogP contribution < -0.4 is 18.5 Å². The summed E-state index contributed by atoms with van der Waals surface area (Å²) in [5.41, 5.74) is 0. The topological polar surface area (TPSA) is 105 Å². The number of hydrogen-bond donors (Lipinski definition) is 3. The molecule has 0 aliphatic rings. The average Bonchev–Trinajstić information content (AvgIpc) is 2.16. The van der Waals surface area contributed by atoms with E-state index in [0.29, 0.717) is 0 Å². The average molecular weight is 300 g/mol. The zero-order valence-corrected chi connectivity index (χ0v) is 12.9. The monoisotopic (exact) mass is 299 g/mol. The highest BCUT2D eigenvalue weighted by molar-refractivity contribution is 9.09. The highest BCUT2D eigenvalue weighted by Gasteiger charge is 1.91. The Hall–Kier alpha value is 0.360. The summed E-state index contributed by atoms with van der Waals surface area (Å²) in [6.07, 6.45) is 14.3. The van der Waals surface area contributed by atoms with Crippen molar-refractivity contribution in [3.8, 4) is 0 Å². The quantitative estimate of drug-likeness (QED) is 0.351. The lowest BCUT2D eigenvalue weighted by molar-refractivity contribution is 0.563. The highest BCUT2D eigenvalue weighted by atomic mass is 79.9. The Morgan fingerprint density at radius 1 is 0.562 bits per heavy atom. The molecule has 0 aromatic rings. The lowest BCUT2D eigenvalue weighted by Gasteiger charge is -2.00. The smallest absolute Gasteiger partial charge is 0.00313 e. The van der Waals surface area contributed by atoms with E-state index in [0.717, 1.165) is 0 Å². The zero-order valence-electron chi connectivity index (χ0n) is 11.3. The molecule has 0 bridgehead atoms. The van der Waals surface area contributed by atoms with Crippen LogP contribution in [0.25, 0.3) is 0 Å². The number of alkyl halides is 1. The van der Waals surface area contributed by atoms with Crippen molar-refractivity contribution in [2.75, 3.05) is 5.33 Å². The summed E-state index contributed by atoms with van der Waals surface area (Å²) in [4.78, 5) is 0. The number of unbranched alkanes of at least 4 members (excludes halogenated alkanes) is 9. The van der Waals surface area contributed by atoms with Crippen LogP contribution in [-0.4, -0.2) is 5.33 Å². The first-order valence-electron chi connectivity index (χ1n) is 5.97. The molecule has 0 aliphatic carbocycles. The number of rotatable bonds is 10. The minimum atomic E-state index is 0. The third-order valence-corrected chi connectivity index (χ3v) is 3.05. The first-order chi connectivity index (χ1) is 6.41. The molecule has 0 unspecified atom stereocenters. The molecule has 0 saturated heterocycles. The van der Waals surface area contributed by atoms with E-state index in [4.69, 9.17) is 0 Å². The normalized spacial score (nSPS) is 8.62. The van der Waals surface area contributed by atoms with Crippen LogP contribution in [0.1, 0.15) is 71.1 Å². The fourth-order valence-corrected chi connectivity index (χ4v) is 1.98. The summed E-state index contributed by atoms with van der Waals surface area (Å²) < 4.78 is 0. The van der Waals surface area contributed by atoms with Crippen molar-refractivity contribution in [1.82, 2.24) is 18.5 Å². The molecule has 0 radical (unpaired) electrons. The summed E-state index contributed by atoms with van der Waals surface area (Å²) in [5, 5.41) is 1.18. The summed E-state index contributed by atoms with van der Waals surface area (Å²) in [6, 6.07) is 0. The molecule has 3 nitrogen and oxygen atoms in total. The van der Waals surface area contributed by atoms with E-state index < -0.39 is 0 Å². The van der Waals surface area contributed by atoms with Crippen molar-refractivity contribution >= 4 is 15.9 Å². The van der Waals surface area contributed by atoms with Gasteiger partial charge in [-0.05, 0) is 6.42 Å². The van der Waals surface area contributed by atoms with Gasteiger partial charge in [0.2, 0.25) is 0 Å². The van der Waals surface area contributed by atoms with Gasteiger partial charge in [0.1, 0.15) is 0 Å². The molecule has 0 aromatic carbocycles. The van der Waals surface area contributed by atoms with Gasteiger partial charge in [0.05, 0.1) is 0 Å². The second-order valence-electron chi connectivity index (χ2n) is 3.87. The summed E-state index contributed by atoms with van der Waals surface area (Å²) in [6.45, 7) is 2.28. The van der Waals surface area contributed by atoms with Crippen LogP contribution in [0.5, 0.6) is 0 Å². The Morgan fingerprint density at radius 3 is 1.19 bits per heavy atom. The molecule has 104 valence electrons. The molecular weight excluding hydrogens is 266 g/mol. The Morgan fingerprint density at radius 2 is 0.875 bits per heavy atom. The predicted molar refractivity (Wildman–Crippen MR) is 80.7 cm³/mol. The fourth-order valence-electron chi connectivity index (χ4n) is 1.58. The van der Waals surface area contributed by atoms with Gasteiger partial charge in [-0.1, -0.05) is 80.6 Å². The van der Waals surface area contributed by atoms with Gasteiger partial charge in [0.25, 0.3) is 0 Å². The maximum atomic E-state index is 3.46. The maximum Gasteiger partial charge on any atom is 0.00313 e.